The normalized spacial score (nSPS) is 11.5. The molecule has 0 aliphatic heterocycles. The molecule has 0 saturated heterocycles. The average Bonchev–Trinajstić information content (AvgIpc) is 2.53. The van der Waals surface area contributed by atoms with Crippen molar-refractivity contribution in [2.45, 2.75) is 32.9 Å². The van der Waals surface area contributed by atoms with E-state index in [-0.39, 0.29) is 18.2 Å². The highest BCUT2D eigenvalue weighted by Gasteiger charge is 2.33. The quantitative estimate of drug-likeness (QED) is 0.705. The number of hydrogen-bond acceptors (Lipinski definition) is 2. The van der Waals surface area contributed by atoms with E-state index in [1.807, 2.05) is 39.0 Å². The second-order valence-electron chi connectivity index (χ2n) is 6.23. The first-order chi connectivity index (χ1) is 12.1. The Labute approximate surface area is 155 Å². The number of carbonyl (C=O) groups excluding carboxylic acids is 1. The lowest BCUT2D eigenvalue weighted by Crippen LogP contribution is -2.21. The summed E-state index contributed by atoms with van der Waals surface area (Å²) in [5.74, 6) is 0.234. The third-order valence-electron chi connectivity index (χ3n) is 3.71. The first-order valence-corrected chi connectivity index (χ1v) is 8.35. The zero-order chi connectivity index (χ0) is 19.5. The van der Waals surface area contributed by atoms with Gasteiger partial charge in [0.15, 0.2) is 6.61 Å². The predicted octanol–water partition coefficient (Wildman–Crippen LogP) is 5.81. The molecule has 0 atom stereocenters. The third-order valence-corrected chi connectivity index (χ3v) is 4.03. The van der Waals surface area contributed by atoms with Crippen LogP contribution < -0.4 is 10.1 Å². The van der Waals surface area contributed by atoms with E-state index in [2.05, 4.69) is 5.32 Å². The maximum Gasteiger partial charge on any atom is 0.417 e. The molecule has 7 heteroatoms. The minimum Gasteiger partial charge on any atom is -0.483 e. The van der Waals surface area contributed by atoms with Gasteiger partial charge in [0, 0.05) is 5.69 Å². The summed E-state index contributed by atoms with van der Waals surface area (Å²) in [6.45, 7) is 5.60. The van der Waals surface area contributed by atoms with Gasteiger partial charge in [0.1, 0.15) is 5.75 Å². The van der Waals surface area contributed by atoms with Gasteiger partial charge in [0.25, 0.3) is 5.91 Å². The third kappa shape index (κ3) is 5.14. The van der Waals surface area contributed by atoms with E-state index >= 15 is 0 Å². The number of nitrogens with one attached hydrogen (secondary N) is 1. The Morgan fingerprint density at radius 2 is 1.88 bits per heavy atom. The molecule has 140 valence electrons. The van der Waals surface area contributed by atoms with Gasteiger partial charge in [0.2, 0.25) is 0 Å². The molecular formula is C19H19ClF3NO2. The number of alkyl halides is 3. The van der Waals surface area contributed by atoms with Crippen LogP contribution in [0.25, 0.3) is 0 Å². The van der Waals surface area contributed by atoms with Gasteiger partial charge < -0.3 is 10.1 Å². The molecule has 0 unspecified atom stereocenters. The topological polar surface area (TPSA) is 38.3 Å². The Balaban J connectivity index is 2.08. The molecule has 3 nitrogen and oxygen atoms in total. The lowest BCUT2D eigenvalue weighted by atomic mass is 10.0. The van der Waals surface area contributed by atoms with Crippen molar-refractivity contribution in [1.29, 1.82) is 0 Å². The molecule has 1 N–H and O–H groups in total. The number of amides is 1. The number of rotatable bonds is 5. The zero-order valence-corrected chi connectivity index (χ0v) is 15.3. The summed E-state index contributed by atoms with van der Waals surface area (Å²) in [4.78, 5) is 12.0. The van der Waals surface area contributed by atoms with Crippen LogP contribution in [0, 0.1) is 6.92 Å². The Kier molecular flexibility index (Phi) is 6.18. The molecule has 0 heterocycles. The van der Waals surface area contributed by atoms with Crippen LogP contribution in [-0.2, 0) is 11.0 Å². The van der Waals surface area contributed by atoms with Gasteiger partial charge >= 0.3 is 6.18 Å². The Hall–Kier alpha value is -2.21. The molecular weight excluding hydrogens is 367 g/mol. The highest BCUT2D eigenvalue weighted by atomic mass is 35.5. The van der Waals surface area contributed by atoms with E-state index < -0.39 is 22.7 Å². The number of aryl methyl sites for hydroxylation is 1. The Morgan fingerprint density at radius 1 is 1.19 bits per heavy atom. The van der Waals surface area contributed by atoms with Crippen molar-refractivity contribution in [3.8, 4) is 5.75 Å². The van der Waals surface area contributed by atoms with Crippen molar-refractivity contribution >= 4 is 23.2 Å². The SMILES string of the molecule is Cc1ccc(C(C)C)c(OCC(=O)Nc2ccc(Cl)c(C(F)(F)F)c2)c1. The number of carbonyl (C=O) groups is 1. The summed E-state index contributed by atoms with van der Waals surface area (Å²) in [5.41, 5.74) is 0.939. The molecule has 0 radical (unpaired) electrons. The van der Waals surface area contributed by atoms with E-state index in [0.717, 1.165) is 23.3 Å². The molecule has 0 aliphatic rings. The van der Waals surface area contributed by atoms with Gasteiger partial charge in [-0.3, -0.25) is 4.79 Å². The molecule has 2 aromatic carbocycles. The monoisotopic (exact) mass is 385 g/mol. The summed E-state index contributed by atoms with van der Waals surface area (Å²) in [6, 6.07) is 8.91. The van der Waals surface area contributed by atoms with Crippen LogP contribution in [0.5, 0.6) is 5.75 Å². The second-order valence-corrected chi connectivity index (χ2v) is 6.63. The molecule has 0 bridgehead atoms. The summed E-state index contributed by atoms with van der Waals surface area (Å²) >= 11 is 5.56. The van der Waals surface area contributed by atoms with Crippen LogP contribution in [0.3, 0.4) is 0 Å². The number of benzene rings is 2. The lowest BCUT2D eigenvalue weighted by Gasteiger charge is -2.15. The van der Waals surface area contributed by atoms with E-state index in [1.165, 1.54) is 6.07 Å². The number of ether oxygens (including phenoxy) is 1. The van der Waals surface area contributed by atoms with Gasteiger partial charge in [-0.1, -0.05) is 37.6 Å². The van der Waals surface area contributed by atoms with Crippen LogP contribution in [0.4, 0.5) is 18.9 Å². The fourth-order valence-electron chi connectivity index (χ4n) is 2.40. The minimum absolute atomic E-state index is 0.00338. The van der Waals surface area contributed by atoms with Crippen LogP contribution >= 0.6 is 11.6 Å². The standard InChI is InChI=1S/C19H19ClF3NO2/c1-11(2)14-6-4-12(3)8-17(14)26-10-18(25)24-13-5-7-16(20)15(9-13)19(21,22)23/h4-9,11H,10H2,1-3H3,(H,24,25). The molecule has 0 fully saturated rings. The van der Waals surface area contributed by atoms with Gasteiger partial charge in [-0.15, -0.1) is 0 Å². The smallest absolute Gasteiger partial charge is 0.417 e. The lowest BCUT2D eigenvalue weighted by molar-refractivity contribution is -0.137. The summed E-state index contributed by atoms with van der Waals surface area (Å²) in [6.07, 6.45) is -4.60. The summed E-state index contributed by atoms with van der Waals surface area (Å²) < 4.78 is 44.2. The highest BCUT2D eigenvalue weighted by Crippen LogP contribution is 2.36. The van der Waals surface area contributed by atoms with Crippen LogP contribution in [-0.4, -0.2) is 12.5 Å². The van der Waals surface area contributed by atoms with Crippen molar-refractivity contribution in [1.82, 2.24) is 0 Å². The second kappa shape index (κ2) is 7.99. The maximum absolute atomic E-state index is 12.9. The fraction of sp³-hybridized carbons (Fsp3) is 0.316. The Bertz CT molecular complexity index is 804. The summed E-state index contributed by atoms with van der Waals surface area (Å²) in [7, 11) is 0. The number of halogens is 4. The van der Waals surface area contributed by atoms with Crippen molar-refractivity contribution < 1.29 is 22.7 Å². The molecule has 2 rings (SSSR count). The molecule has 26 heavy (non-hydrogen) atoms. The maximum atomic E-state index is 12.9. The van der Waals surface area contributed by atoms with Crippen molar-refractivity contribution in [3.05, 3.63) is 58.1 Å². The van der Waals surface area contributed by atoms with Gasteiger partial charge in [-0.05, 0) is 48.2 Å². The first-order valence-electron chi connectivity index (χ1n) is 7.98. The van der Waals surface area contributed by atoms with Crippen LogP contribution in [0.1, 0.15) is 36.5 Å². The van der Waals surface area contributed by atoms with Gasteiger partial charge in [-0.25, -0.2) is 0 Å². The van der Waals surface area contributed by atoms with Crippen molar-refractivity contribution in [2.24, 2.45) is 0 Å². The van der Waals surface area contributed by atoms with Crippen LogP contribution in [0.2, 0.25) is 5.02 Å². The number of anilines is 1. The van der Waals surface area contributed by atoms with Gasteiger partial charge in [-0.2, -0.15) is 13.2 Å². The molecule has 1 amide bonds. The average molecular weight is 386 g/mol. The number of hydrogen-bond donors (Lipinski definition) is 1. The van der Waals surface area contributed by atoms with Crippen molar-refractivity contribution in [2.75, 3.05) is 11.9 Å². The van der Waals surface area contributed by atoms with E-state index in [1.54, 1.807) is 0 Å². The predicted molar refractivity (Wildman–Crippen MR) is 95.8 cm³/mol. The zero-order valence-electron chi connectivity index (χ0n) is 14.6. The molecule has 0 saturated carbocycles. The molecule has 0 spiro atoms. The first kappa shape index (κ1) is 20.1. The minimum atomic E-state index is -4.60. The van der Waals surface area contributed by atoms with E-state index in [4.69, 9.17) is 16.3 Å². The van der Waals surface area contributed by atoms with Crippen molar-refractivity contribution in [3.63, 3.8) is 0 Å². The van der Waals surface area contributed by atoms with Gasteiger partial charge in [0.05, 0.1) is 10.6 Å². The largest absolute Gasteiger partial charge is 0.483 e. The highest BCUT2D eigenvalue weighted by molar-refractivity contribution is 6.31. The molecule has 2 aromatic rings. The molecule has 0 aromatic heterocycles. The molecule has 0 aliphatic carbocycles. The Morgan fingerprint density at radius 3 is 2.50 bits per heavy atom. The summed E-state index contributed by atoms with van der Waals surface area (Å²) in [5, 5.41) is 1.97. The van der Waals surface area contributed by atoms with E-state index in [9.17, 15) is 18.0 Å². The van der Waals surface area contributed by atoms with E-state index in [0.29, 0.717) is 5.75 Å². The van der Waals surface area contributed by atoms with Crippen LogP contribution in [0.15, 0.2) is 36.4 Å². The fourth-order valence-corrected chi connectivity index (χ4v) is 2.63.